The number of aromatic nitrogens is 4. The van der Waals surface area contributed by atoms with Crippen molar-refractivity contribution in [1.82, 2.24) is 24.5 Å². The van der Waals surface area contributed by atoms with Gasteiger partial charge in [-0.2, -0.15) is 50.6 Å². The Kier molecular flexibility index (Phi) is 11.0. The predicted octanol–water partition coefficient (Wildman–Crippen LogP) is 8.11. The van der Waals surface area contributed by atoms with Crippen LogP contribution in [0.1, 0.15) is 80.9 Å². The lowest BCUT2D eigenvalue weighted by atomic mass is 9.87. The number of amides is 1. The summed E-state index contributed by atoms with van der Waals surface area (Å²) in [6, 6.07) is 5.77. The Morgan fingerprint density at radius 1 is 1.02 bits per heavy atom. The molecule has 2 fully saturated rings. The highest BCUT2D eigenvalue weighted by atomic mass is 35.5. The molecular weight excluding hydrogens is 776 g/mol. The third kappa shape index (κ3) is 8.66. The van der Waals surface area contributed by atoms with Gasteiger partial charge in [-0.25, -0.2) is 14.2 Å². The van der Waals surface area contributed by atoms with Crippen LogP contribution in [0.5, 0.6) is 0 Å². The molecule has 12 nitrogen and oxygen atoms in total. The van der Waals surface area contributed by atoms with E-state index >= 15 is 0 Å². The van der Waals surface area contributed by atoms with Gasteiger partial charge >= 0.3 is 30.4 Å². The monoisotopic (exact) mass is 808 g/mol. The normalized spacial score (nSPS) is 18.6. The second-order valence-corrected chi connectivity index (χ2v) is 14.5. The highest BCUT2D eigenvalue weighted by Crippen LogP contribution is 2.49. The van der Waals surface area contributed by atoms with E-state index in [2.05, 4.69) is 10.2 Å². The molecule has 0 aliphatic heterocycles. The first-order valence-electron chi connectivity index (χ1n) is 16.6. The molecule has 298 valence electrons. The van der Waals surface area contributed by atoms with Crippen LogP contribution in [0.25, 0.3) is 16.9 Å². The average molecular weight is 809 g/mol. The maximum atomic E-state index is 14.2. The van der Waals surface area contributed by atoms with Crippen LogP contribution in [0.4, 0.5) is 39.9 Å². The molecule has 2 aliphatic carbocycles. The van der Waals surface area contributed by atoms with Gasteiger partial charge < -0.3 is 14.2 Å². The van der Waals surface area contributed by atoms with Crippen molar-refractivity contribution < 1.29 is 63.7 Å². The van der Waals surface area contributed by atoms with Crippen LogP contribution in [0.2, 0.25) is 5.02 Å². The van der Waals surface area contributed by atoms with E-state index in [1.165, 1.54) is 18.2 Å². The van der Waals surface area contributed by atoms with Crippen molar-refractivity contribution in [3.8, 4) is 23.0 Å². The second kappa shape index (κ2) is 14.6. The van der Waals surface area contributed by atoms with Crippen molar-refractivity contribution in [2.75, 3.05) is 6.73 Å². The lowest BCUT2D eigenvalue weighted by Gasteiger charge is -2.30. The zero-order chi connectivity index (χ0) is 40.9. The topological polar surface area (TPSA) is 142 Å². The molecule has 55 heavy (non-hydrogen) atoms. The Labute approximate surface area is 312 Å². The quantitative estimate of drug-likeness (QED) is 0.119. The summed E-state index contributed by atoms with van der Waals surface area (Å²) >= 11 is 6.36. The van der Waals surface area contributed by atoms with Crippen LogP contribution >= 0.6 is 11.6 Å². The molecule has 0 bridgehead atoms. The molecule has 1 amide bonds. The number of nitriles is 1. The lowest BCUT2D eigenvalue weighted by Crippen LogP contribution is -2.44. The lowest BCUT2D eigenvalue weighted by molar-refractivity contribution is -0.292. The number of esters is 1. The fourth-order valence-corrected chi connectivity index (χ4v) is 6.22. The summed E-state index contributed by atoms with van der Waals surface area (Å²) in [5, 5.41) is 16.4. The van der Waals surface area contributed by atoms with Crippen molar-refractivity contribution in [2.24, 2.45) is 13.0 Å². The number of hydrogen-bond donors (Lipinski definition) is 0. The number of alkyl halides is 8. The maximum Gasteiger partial charge on any atom is 0.510 e. The van der Waals surface area contributed by atoms with Gasteiger partial charge in [0.2, 0.25) is 0 Å². The molecule has 1 aromatic carbocycles. The summed E-state index contributed by atoms with van der Waals surface area (Å²) in [4.78, 5) is 40.0. The van der Waals surface area contributed by atoms with Gasteiger partial charge in [-0.15, -0.1) is 0 Å². The predicted molar refractivity (Wildman–Crippen MR) is 173 cm³/mol. The van der Waals surface area contributed by atoms with Gasteiger partial charge in [-0.05, 0) is 77.0 Å². The number of carbonyl (C=O) groups excluding carboxylic acids is 3. The fraction of sp³-hybridized carbons (Fsp3) is 0.529. The minimum atomic E-state index is -6.39. The molecule has 2 heterocycles. The van der Waals surface area contributed by atoms with E-state index < -0.39 is 71.4 Å². The Morgan fingerprint density at radius 2 is 1.65 bits per heavy atom. The zero-order valence-electron chi connectivity index (χ0n) is 29.5. The van der Waals surface area contributed by atoms with E-state index in [-0.39, 0.29) is 51.1 Å². The highest BCUT2D eigenvalue weighted by molar-refractivity contribution is 6.34. The number of rotatable bonds is 9. The van der Waals surface area contributed by atoms with Gasteiger partial charge in [0.25, 0.3) is 5.91 Å². The van der Waals surface area contributed by atoms with Gasteiger partial charge in [0.15, 0.2) is 18.2 Å². The van der Waals surface area contributed by atoms with Crippen LogP contribution in [-0.2, 0) is 38.2 Å². The molecule has 2 saturated carbocycles. The molecule has 2 aliphatic rings. The van der Waals surface area contributed by atoms with Crippen molar-refractivity contribution >= 4 is 29.6 Å². The summed E-state index contributed by atoms with van der Waals surface area (Å²) in [6.45, 7) is 4.53. The summed E-state index contributed by atoms with van der Waals surface area (Å²) < 4.78 is 126. The van der Waals surface area contributed by atoms with E-state index in [0.29, 0.717) is 30.4 Å². The van der Waals surface area contributed by atoms with Gasteiger partial charge in [0.05, 0.1) is 28.8 Å². The molecule has 0 saturated heterocycles. The van der Waals surface area contributed by atoms with Crippen molar-refractivity contribution in [2.45, 2.75) is 94.8 Å². The first kappa shape index (κ1) is 41.2. The summed E-state index contributed by atoms with van der Waals surface area (Å²) in [5.41, 5.74) is -7.15. The largest absolute Gasteiger partial charge is 0.510 e. The van der Waals surface area contributed by atoms with Crippen LogP contribution in [0, 0.1) is 17.2 Å². The van der Waals surface area contributed by atoms with E-state index in [1.54, 1.807) is 20.8 Å². The Bertz CT molecular complexity index is 2000. The summed E-state index contributed by atoms with van der Waals surface area (Å²) in [6.07, 6.45) is -10.1. The van der Waals surface area contributed by atoms with Crippen molar-refractivity contribution in [3.63, 3.8) is 0 Å². The number of ether oxygens (including phenoxy) is 3. The molecule has 0 spiro atoms. The smallest absolute Gasteiger partial charge is 0.460 e. The van der Waals surface area contributed by atoms with E-state index in [1.807, 2.05) is 6.07 Å². The van der Waals surface area contributed by atoms with Gasteiger partial charge in [0, 0.05) is 18.8 Å². The third-order valence-electron chi connectivity index (χ3n) is 8.97. The average Bonchev–Trinajstić information content (AvgIpc) is 3.54. The first-order chi connectivity index (χ1) is 25.4. The highest BCUT2D eigenvalue weighted by Gasteiger charge is 2.64. The maximum absolute atomic E-state index is 14.2. The summed E-state index contributed by atoms with van der Waals surface area (Å²) in [5.74, 6) is -8.81. The Hall–Kier alpha value is -4.93. The molecule has 5 rings (SSSR count). The second-order valence-electron chi connectivity index (χ2n) is 14.1. The van der Waals surface area contributed by atoms with Crippen LogP contribution in [0.3, 0.4) is 0 Å². The number of benzene rings is 1. The van der Waals surface area contributed by atoms with E-state index in [0.717, 1.165) is 24.3 Å². The SMILES string of the molecule is Cn1nc(C(F)(F)C(F)(F)F)c(C(F)(F)F)c1-n1cc(-c2ccc(Cl)c(C(=O)N(COC(=O)OC3CCC(C(=O)OC(C)(C)C)CC3)C3(C#N)CC3)c2)cn1. The number of halogens is 9. The van der Waals surface area contributed by atoms with Gasteiger partial charge in [-0.3, -0.25) is 14.5 Å². The minimum absolute atomic E-state index is 0.0293. The van der Waals surface area contributed by atoms with E-state index in [9.17, 15) is 54.8 Å². The molecule has 2 aromatic heterocycles. The number of aryl methyl sites for hydroxylation is 1. The molecule has 0 unspecified atom stereocenters. The molecule has 0 radical (unpaired) electrons. The first-order valence-corrected chi connectivity index (χ1v) is 17.0. The number of nitrogens with zero attached hydrogens (tertiary/aromatic N) is 6. The Morgan fingerprint density at radius 3 is 2.20 bits per heavy atom. The van der Waals surface area contributed by atoms with Crippen LogP contribution in [0.15, 0.2) is 30.6 Å². The van der Waals surface area contributed by atoms with E-state index in [4.69, 9.17) is 25.8 Å². The fourth-order valence-electron chi connectivity index (χ4n) is 6.02. The van der Waals surface area contributed by atoms with Crippen LogP contribution < -0.4 is 0 Å². The molecule has 0 atom stereocenters. The molecule has 3 aromatic rings. The van der Waals surface area contributed by atoms with Gasteiger partial charge in [-0.1, -0.05) is 17.7 Å². The summed E-state index contributed by atoms with van der Waals surface area (Å²) in [7, 11) is 0.730. The molecule has 0 N–H and O–H groups in total. The Balaban J connectivity index is 1.34. The van der Waals surface area contributed by atoms with Crippen molar-refractivity contribution in [1.29, 1.82) is 5.26 Å². The van der Waals surface area contributed by atoms with Crippen molar-refractivity contribution in [3.05, 3.63) is 52.4 Å². The number of hydrogen-bond acceptors (Lipinski definition) is 9. The third-order valence-corrected chi connectivity index (χ3v) is 9.30. The molecular formula is C34H33ClF8N6O6. The number of carbonyl (C=O) groups is 3. The zero-order valence-corrected chi connectivity index (χ0v) is 30.3. The minimum Gasteiger partial charge on any atom is -0.460 e. The standard InChI is InChI=1S/C34H33ClF8N6O6/c1-30(2,3)55-28(51)18-5-8-21(9-6-18)54-29(52)53-17-48(31(16-44)11-12-31)27(50)22-13-19(7-10-23(22)35)20-14-45-49(15-20)26-24(33(38,39)40)25(46-47(26)4)32(36,37)34(41,42)43/h7,10,13-15,18,21H,5-6,8-9,11-12,17H2,1-4H3. The van der Waals surface area contributed by atoms with Gasteiger partial charge in [0.1, 0.15) is 22.8 Å². The molecule has 21 heteroatoms. The van der Waals surface area contributed by atoms with Crippen LogP contribution in [-0.4, -0.2) is 72.6 Å².